The lowest BCUT2D eigenvalue weighted by molar-refractivity contribution is -0.114. The number of para-hydroxylation sites is 1. The summed E-state index contributed by atoms with van der Waals surface area (Å²) in [4.78, 5) is 16.1. The molecule has 0 aliphatic rings. The molecule has 2 N–H and O–H groups in total. The zero-order valence-corrected chi connectivity index (χ0v) is 21.7. The molecule has 5 rings (SSSR count). The molecule has 0 saturated carbocycles. The minimum Gasteiger partial charge on any atom is -0.378 e. The van der Waals surface area contributed by atoms with Crippen LogP contribution in [0.2, 0.25) is 0 Å². The van der Waals surface area contributed by atoms with Crippen molar-refractivity contribution in [3.8, 4) is 17.0 Å². The summed E-state index contributed by atoms with van der Waals surface area (Å²) in [7, 11) is -4.16. The maximum atomic E-state index is 13.2. The van der Waals surface area contributed by atoms with E-state index in [1.807, 2.05) is 66.1 Å². The SMILES string of the molecule is CC(=O)Nc1ccc(S(=O)(=O)Oc2ccccc2-c2nc3c(C)cccn3c2NCc2ccccc2)cc1. The molecule has 8 nitrogen and oxygen atoms in total. The van der Waals surface area contributed by atoms with E-state index >= 15 is 0 Å². The summed E-state index contributed by atoms with van der Waals surface area (Å²) in [6, 6.07) is 26.6. The number of aromatic nitrogens is 2. The number of imidazole rings is 1. The molecule has 3 aromatic carbocycles. The van der Waals surface area contributed by atoms with Crippen molar-refractivity contribution in [1.29, 1.82) is 0 Å². The first-order chi connectivity index (χ1) is 18.3. The number of rotatable bonds is 8. The molecule has 192 valence electrons. The predicted molar refractivity (Wildman–Crippen MR) is 148 cm³/mol. The lowest BCUT2D eigenvalue weighted by Crippen LogP contribution is -2.11. The molecular formula is C29H26N4O4S. The smallest absolute Gasteiger partial charge is 0.339 e. The number of carbonyl (C=O) groups is 1. The van der Waals surface area contributed by atoms with Gasteiger partial charge in [-0.3, -0.25) is 9.20 Å². The third-order valence-electron chi connectivity index (χ3n) is 5.95. The Labute approximate surface area is 221 Å². The van der Waals surface area contributed by atoms with Crippen molar-refractivity contribution in [2.24, 2.45) is 0 Å². The minimum absolute atomic E-state index is 0.0327. The van der Waals surface area contributed by atoms with Gasteiger partial charge in [0.05, 0.1) is 0 Å². The van der Waals surface area contributed by atoms with Gasteiger partial charge in [-0.2, -0.15) is 8.42 Å². The monoisotopic (exact) mass is 526 g/mol. The molecule has 0 saturated heterocycles. The van der Waals surface area contributed by atoms with Gasteiger partial charge in [-0.05, 0) is 60.5 Å². The highest BCUT2D eigenvalue weighted by Crippen LogP contribution is 2.37. The number of hydrogen-bond donors (Lipinski definition) is 2. The van der Waals surface area contributed by atoms with Crippen LogP contribution in [0.15, 0.2) is 102 Å². The molecule has 0 spiro atoms. The maximum Gasteiger partial charge on any atom is 0.339 e. The molecule has 0 bridgehead atoms. The number of fused-ring (bicyclic) bond motifs is 1. The predicted octanol–water partition coefficient (Wildman–Crippen LogP) is 5.65. The van der Waals surface area contributed by atoms with Crippen LogP contribution in [0.1, 0.15) is 18.1 Å². The van der Waals surface area contributed by atoms with Crippen molar-refractivity contribution in [3.63, 3.8) is 0 Å². The number of aryl methyl sites for hydroxylation is 1. The van der Waals surface area contributed by atoms with Crippen molar-refractivity contribution in [2.75, 3.05) is 10.6 Å². The molecular weight excluding hydrogens is 500 g/mol. The molecule has 0 radical (unpaired) electrons. The summed E-state index contributed by atoms with van der Waals surface area (Å²) in [5, 5.41) is 6.10. The molecule has 2 aromatic heterocycles. The van der Waals surface area contributed by atoms with Crippen LogP contribution >= 0.6 is 0 Å². The maximum absolute atomic E-state index is 13.2. The average molecular weight is 527 g/mol. The highest BCUT2D eigenvalue weighted by molar-refractivity contribution is 7.87. The number of amides is 1. The van der Waals surface area contributed by atoms with Crippen LogP contribution in [0.3, 0.4) is 0 Å². The topological polar surface area (TPSA) is 102 Å². The van der Waals surface area contributed by atoms with Crippen molar-refractivity contribution >= 4 is 33.2 Å². The summed E-state index contributed by atoms with van der Waals surface area (Å²) < 4.78 is 34.0. The molecule has 0 unspecified atom stereocenters. The Morgan fingerprint density at radius 3 is 2.37 bits per heavy atom. The van der Waals surface area contributed by atoms with E-state index in [9.17, 15) is 13.2 Å². The fourth-order valence-corrected chi connectivity index (χ4v) is 5.10. The summed E-state index contributed by atoms with van der Waals surface area (Å²) >= 11 is 0. The van der Waals surface area contributed by atoms with Gasteiger partial charge in [-0.1, -0.05) is 48.5 Å². The number of nitrogens with one attached hydrogen (secondary N) is 2. The molecule has 0 fully saturated rings. The summed E-state index contributed by atoms with van der Waals surface area (Å²) in [5.41, 5.74) is 4.42. The quantitative estimate of drug-likeness (QED) is 0.254. The molecule has 5 aromatic rings. The number of hydrogen-bond acceptors (Lipinski definition) is 6. The van der Waals surface area contributed by atoms with Gasteiger partial charge in [-0.15, -0.1) is 0 Å². The number of nitrogens with zero attached hydrogens (tertiary/aromatic N) is 2. The molecule has 1 amide bonds. The Morgan fingerprint density at radius 1 is 0.921 bits per heavy atom. The van der Waals surface area contributed by atoms with Crippen LogP contribution in [0.4, 0.5) is 11.5 Å². The van der Waals surface area contributed by atoms with E-state index in [2.05, 4.69) is 10.6 Å². The molecule has 0 atom stereocenters. The van der Waals surface area contributed by atoms with Gasteiger partial charge >= 0.3 is 10.1 Å². The van der Waals surface area contributed by atoms with Gasteiger partial charge in [0.25, 0.3) is 0 Å². The van der Waals surface area contributed by atoms with E-state index in [1.54, 1.807) is 18.2 Å². The van der Waals surface area contributed by atoms with Gasteiger partial charge < -0.3 is 14.8 Å². The van der Waals surface area contributed by atoms with Crippen LogP contribution in [0.25, 0.3) is 16.9 Å². The van der Waals surface area contributed by atoms with Gasteiger partial charge in [0.1, 0.15) is 22.1 Å². The largest absolute Gasteiger partial charge is 0.378 e. The highest BCUT2D eigenvalue weighted by atomic mass is 32.2. The van der Waals surface area contributed by atoms with Gasteiger partial charge in [-0.25, -0.2) is 4.98 Å². The Balaban J connectivity index is 1.53. The van der Waals surface area contributed by atoms with Gasteiger partial charge in [0.2, 0.25) is 5.91 Å². The molecule has 0 aliphatic carbocycles. The summed E-state index contributed by atoms with van der Waals surface area (Å²) in [5.74, 6) is 0.632. The van der Waals surface area contributed by atoms with Crippen molar-refractivity contribution < 1.29 is 17.4 Å². The Bertz CT molecular complexity index is 1710. The van der Waals surface area contributed by atoms with E-state index in [0.717, 1.165) is 22.6 Å². The Hall–Kier alpha value is -4.63. The molecule has 9 heteroatoms. The first-order valence-corrected chi connectivity index (χ1v) is 13.4. The fourth-order valence-electron chi connectivity index (χ4n) is 4.15. The van der Waals surface area contributed by atoms with Gasteiger partial charge in [0, 0.05) is 30.9 Å². The summed E-state index contributed by atoms with van der Waals surface area (Å²) in [6.45, 7) is 3.91. The van der Waals surface area contributed by atoms with Crippen molar-refractivity contribution in [2.45, 2.75) is 25.3 Å². The Morgan fingerprint density at radius 2 is 1.63 bits per heavy atom. The van der Waals surface area contributed by atoms with Crippen LogP contribution < -0.4 is 14.8 Å². The van der Waals surface area contributed by atoms with E-state index in [0.29, 0.717) is 23.5 Å². The number of carbonyl (C=O) groups excluding carboxylic acids is 1. The second-order valence-corrected chi connectivity index (χ2v) is 10.3. The van der Waals surface area contributed by atoms with E-state index < -0.39 is 10.1 Å². The first-order valence-electron chi connectivity index (χ1n) is 12.0. The fraction of sp³-hybridized carbons (Fsp3) is 0.103. The van der Waals surface area contributed by atoms with Crippen molar-refractivity contribution in [1.82, 2.24) is 9.38 Å². The second-order valence-electron chi connectivity index (χ2n) is 8.77. The molecule has 0 aliphatic heterocycles. The van der Waals surface area contributed by atoms with E-state index in [1.165, 1.54) is 31.2 Å². The van der Waals surface area contributed by atoms with Crippen LogP contribution in [-0.2, 0) is 21.5 Å². The third-order valence-corrected chi connectivity index (χ3v) is 7.20. The Kier molecular flexibility index (Phi) is 6.85. The number of anilines is 2. The zero-order valence-electron chi connectivity index (χ0n) is 20.9. The van der Waals surface area contributed by atoms with Crippen LogP contribution in [0.5, 0.6) is 5.75 Å². The standard InChI is InChI=1S/C29H26N4O4S/c1-20-9-8-18-33-28(20)32-27(29(33)30-19-22-10-4-3-5-11-22)25-12-6-7-13-26(25)37-38(35,36)24-16-14-23(15-17-24)31-21(2)34/h3-18,30H,19H2,1-2H3,(H,31,34). The van der Waals surface area contributed by atoms with E-state index in [-0.39, 0.29) is 16.6 Å². The number of benzene rings is 3. The molecule has 38 heavy (non-hydrogen) atoms. The highest BCUT2D eigenvalue weighted by Gasteiger charge is 2.23. The second kappa shape index (κ2) is 10.4. The van der Waals surface area contributed by atoms with Crippen LogP contribution in [-0.4, -0.2) is 23.7 Å². The lowest BCUT2D eigenvalue weighted by Gasteiger charge is -2.13. The summed E-state index contributed by atoms with van der Waals surface area (Å²) in [6.07, 6.45) is 1.92. The van der Waals surface area contributed by atoms with Gasteiger partial charge in [0.15, 0.2) is 5.75 Å². The van der Waals surface area contributed by atoms with E-state index in [4.69, 9.17) is 9.17 Å². The number of pyridine rings is 1. The zero-order chi connectivity index (χ0) is 26.7. The lowest BCUT2D eigenvalue weighted by atomic mass is 10.1. The minimum atomic E-state index is -4.16. The third kappa shape index (κ3) is 5.23. The van der Waals surface area contributed by atoms with Crippen LogP contribution in [0, 0.1) is 6.92 Å². The van der Waals surface area contributed by atoms with Crippen molar-refractivity contribution in [3.05, 3.63) is 108 Å². The first kappa shape index (κ1) is 25.0. The molecule has 2 heterocycles. The normalized spacial score (nSPS) is 11.3. The average Bonchev–Trinajstić information content (AvgIpc) is 3.28.